The second kappa shape index (κ2) is 10.6. The number of para-hydroxylation sites is 2. The summed E-state index contributed by atoms with van der Waals surface area (Å²) in [4.78, 5) is 2.00. The smallest absolute Gasteiger partial charge is 0.153 e. The second-order valence-corrected chi connectivity index (χ2v) is 14.7. The highest BCUT2D eigenvalue weighted by atomic mass is 32.1. The fourth-order valence-electron chi connectivity index (χ4n) is 7.23. The normalized spacial score (nSPS) is 11.7. The standard InChI is InChI=1S/C46H22O2S2/c1-3-11-29-25-41-31(21-27(29)9-1)23-33(49-41)17-19-37-43-35-13-5-7-15-39(35)48-46(43)38(44-36-14-6-8-16-40(36)47-45(37)44)20-18-34-24-32-22-28-10-2-4-12-30(28)26-42(32)50-34/h1-16,21-26H. The zero-order valence-corrected chi connectivity index (χ0v) is 28.0. The van der Waals surface area contributed by atoms with Gasteiger partial charge < -0.3 is 8.83 Å². The molecule has 7 aromatic carbocycles. The Morgan fingerprint density at radius 1 is 0.380 bits per heavy atom. The predicted octanol–water partition coefficient (Wildman–Crippen LogP) is 13.0. The molecule has 0 spiro atoms. The van der Waals surface area contributed by atoms with Crippen molar-refractivity contribution in [3.8, 4) is 23.7 Å². The zero-order chi connectivity index (χ0) is 32.8. The van der Waals surface area contributed by atoms with Crippen LogP contribution in [0.15, 0.2) is 142 Å². The quantitative estimate of drug-likeness (QED) is 0.150. The summed E-state index contributed by atoms with van der Waals surface area (Å²) in [5.74, 6) is 14.2. The van der Waals surface area contributed by atoms with Gasteiger partial charge in [-0.2, -0.15) is 0 Å². The third-order valence-corrected chi connectivity index (χ3v) is 11.6. The maximum Gasteiger partial charge on any atom is 0.153 e. The minimum Gasteiger partial charge on any atom is -0.455 e. The summed E-state index contributed by atoms with van der Waals surface area (Å²) < 4.78 is 15.8. The van der Waals surface area contributed by atoms with Gasteiger partial charge in [-0.1, -0.05) is 109 Å². The molecule has 0 radical (unpaired) electrons. The summed E-state index contributed by atoms with van der Waals surface area (Å²) in [5.41, 5.74) is 4.70. The van der Waals surface area contributed by atoms with Crippen LogP contribution in [-0.2, 0) is 0 Å². The molecule has 50 heavy (non-hydrogen) atoms. The number of hydrogen-bond donors (Lipinski definition) is 0. The number of thiophene rings is 2. The van der Waals surface area contributed by atoms with E-state index in [-0.39, 0.29) is 0 Å². The highest BCUT2D eigenvalue weighted by molar-refractivity contribution is 7.20. The molecule has 0 aliphatic rings. The van der Waals surface area contributed by atoms with E-state index in [0.717, 1.165) is 64.8 Å². The second-order valence-electron chi connectivity index (χ2n) is 12.6. The van der Waals surface area contributed by atoms with Gasteiger partial charge in [0.25, 0.3) is 0 Å². The average molecular weight is 671 g/mol. The summed E-state index contributed by atoms with van der Waals surface area (Å²) in [7, 11) is 0. The predicted molar refractivity (Wildman–Crippen MR) is 212 cm³/mol. The van der Waals surface area contributed by atoms with Gasteiger partial charge in [0, 0.05) is 30.9 Å². The van der Waals surface area contributed by atoms with E-state index in [1.165, 1.54) is 41.7 Å². The van der Waals surface area contributed by atoms with Crippen molar-refractivity contribution in [1.82, 2.24) is 0 Å². The van der Waals surface area contributed by atoms with Crippen LogP contribution in [0, 0.1) is 23.7 Å². The van der Waals surface area contributed by atoms with Gasteiger partial charge in [0.05, 0.1) is 20.9 Å². The van der Waals surface area contributed by atoms with Gasteiger partial charge in [-0.25, -0.2) is 0 Å². The third-order valence-electron chi connectivity index (χ3n) is 9.54. The van der Waals surface area contributed by atoms with Gasteiger partial charge in [0.2, 0.25) is 0 Å². The molecule has 0 N–H and O–H groups in total. The van der Waals surface area contributed by atoms with Crippen LogP contribution in [0.3, 0.4) is 0 Å². The van der Waals surface area contributed by atoms with E-state index in [1.807, 2.05) is 36.4 Å². The van der Waals surface area contributed by atoms with Gasteiger partial charge in [-0.15, -0.1) is 22.7 Å². The lowest BCUT2D eigenvalue weighted by Crippen LogP contribution is -1.86. The summed E-state index contributed by atoms with van der Waals surface area (Å²) in [6, 6.07) is 46.7. The SMILES string of the molecule is C(#Cc1c2oc3ccccc3c2c(C#Cc2cc3cc4ccccc4cc3s2)c2oc3ccccc3c12)c1cc2cc3ccccc3cc2s1. The van der Waals surface area contributed by atoms with Crippen LogP contribution < -0.4 is 0 Å². The fourth-order valence-corrected chi connectivity index (χ4v) is 9.12. The van der Waals surface area contributed by atoms with Crippen LogP contribution in [0.25, 0.3) is 85.6 Å². The van der Waals surface area contributed by atoms with Crippen molar-refractivity contribution in [3.05, 3.63) is 154 Å². The summed E-state index contributed by atoms with van der Waals surface area (Å²) in [6.45, 7) is 0. The first-order chi connectivity index (χ1) is 24.7. The molecule has 0 aliphatic carbocycles. The van der Waals surface area contributed by atoms with Crippen molar-refractivity contribution in [2.24, 2.45) is 0 Å². The molecule has 4 heterocycles. The number of hydrogen-bond acceptors (Lipinski definition) is 4. The van der Waals surface area contributed by atoms with Crippen molar-refractivity contribution in [2.45, 2.75) is 0 Å². The fraction of sp³-hybridized carbons (Fsp3) is 0. The van der Waals surface area contributed by atoms with E-state index in [0.29, 0.717) is 0 Å². The summed E-state index contributed by atoms with van der Waals surface area (Å²) in [6.07, 6.45) is 0. The highest BCUT2D eigenvalue weighted by Gasteiger charge is 2.23. The Kier molecular flexibility index (Phi) is 5.86. The number of rotatable bonds is 0. The molecule has 4 heteroatoms. The highest BCUT2D eigenvalue weighted by Crippen LogP contribution is 2.43. The van der Waals surface area contributed by atoms with Gasteiger partial charge in [-0.05, 0) is 80.8 Å². The molecule has 0 bridgehead atoms. The van der Waals surface area contributed by atoms with Crippen LogP contribution in [-0.4, -0.2) is 0 Å². The Morgan fingerprint density at radius 3 is 1.24 bits per heavy atom. The molecule has 0 amide bonds. The molecule has 0 fully saturated rings. The Hall–Kier alpha value is -6.30. The van der Waals surface area contributed by atoms with Crippen molar-refractivity contribution in [2.75, 3.05) is 0 Å². The van der Waals surface area contributed by atoms with Crippen LogP contribution in [0.4, 0.5) is 0 Å². The lowest BCUT2D eigenvalue weighted by atomic mass is 9.97. The van der Waals surface area contributed by atoms with E-state index < -0.39 is 0 Å². The van der Waals surface area contributed by atoms with E-state index in [1.54, 1.807) is 22.7 Å². The van der Waals surface area contributed by atoms with Gasteiger partial charge >= 0.3 is 0 Å². The first kappa shape index (κ1) is 27.6. The van der Waals surface area contributed by atoms with Crippen molar-refractivity contribution >= 4 is 108 Å². The van der Waals surface area contributed by atoms with Gasteiger partial charge in [-0.3, -0.25) is 0 Å². The molecule has 4 aromatic heterocycles. The van der Waals surface area contributed by atoms with Crippen LogP contribution in [0.5, 0.6) is 0 Å². The van der Waals surface area contributed by atoms with E-state index in [4.69, 9.17) is 8.83 Å². The Bertz CT molecular complexity index is 3010. The van der Waals surface area contributed by atoms with Crippen LogP contribution >= 0.6 is 22.7 Å². The first-order valence-electron chi connectivity index (χ1n) is 16.4. The topological polar surface area (TPSA) is 26.3 Å². The molecule has 230 valence electrons. The molecule has 0 saturated heterocycles. The average Bonchev–Trinajstić information content (AvgIpc) is 3.93. The molecule has 0 atom stereocenters. The maximum absolute atomic E-state index is 6.69. The largest absolute Gasteiger partial charge is 0.455 e. The molecular formula is C46H22O2S2. The lowest BCUT2D eigenvalue weighted by Gasteiger charge is -2.02. The number of benzene rings is 7. The molecular weight excluding hydrogens is 649 g/mol. The summed E-state index contributed by atoms with van der Waals surface area (Å²) in [5, 5.41) is 11.2. The molecule has 0 unspecified atom stereocenters. The van der Waals surface area contributed by atoms with Crippen LogP contribution in [0.1, 0.15) is 20.9 Å². The Labute approximate surface area is 293 Å². The third kappa shape index (κ3) is 4.24. The Morgan fingerprint density at radius 2 is 0.780 bits per heavy atom. The molecule has 0 saturated carbocycles. The number of furan rings is 2. The van der Waals surface area contributed by atoms with Crippen molar-refractivity contribution in [1.29, 1.82) is 0 Å². The Balaban J connectivity index is 1.17. The monoisotopic (exact) mass is 670 g/mol. The minimum atomic E-state index is 0.733. The molecule has 0 aliphatic heterocycles. The molecule has 11 aromatic rings. The molecule has 2 nitrogen and oxygen atoms in total. The van der Waals surface area contributed by atoms with Crippen molar-refractivity contribution < 1.29 is 8.83 Å². The first-order valence-corrected chi connectivity index (χ1v) is 18.0. The zero-order valence-electron chi connectivity index (χ0n) is 26.3. The molecule has 11 rings (SSSR count). The van der Waals surface area contributed by atoms with Gasteiger partial charge in [0.1, 0.15) is 11.2 Å². The van der Waals surface area contributed by atoms with Crippen molar-refractivity contribution in [3.63, 3.8) is 0 Å². The maximum atomic E-state index is 6.69. The summed E-state index contributed by atoms with van der Waals surface area (Å²) >= 11 is 3.43. The number of fused-ring (bicyclic) bond motifs is 10. The van der Waals surface area contributed by atoms with E-state index >= 15 is 0 Å². The van der Waals surface area contributed by atoms with Crippen LogP contribution in [0.2, 0.25) is 0 Å². The lowest BCUT2D eigenvalue weighted by molar-refractivity contribution is 0.662. The van der Waals surface area contributed by atoms with Gasteiger partial charge in [0.15, 0.2) is 11.2 Å². The minimum absolute atomic E-state index is 0.733. The van der Waals surface area contributed by atoms with E-state index in [2.05, 4.69) is 121 Å². The van der Waals surface area contributed by atoms with E-state index in [9.17, 15) is 0 Å².